The Hall–Kier alpha value is -6.97. The summed E-state index contributed by atoms with van der Waals surface area (Å²) in [5, 5.41) is 0. The van der Waals surface area contributed by atoms with Gasteiger partial charge in [-0.3, -0.25) is 0 Å². The molecule has 4 aliphatic rings. The zero-order valence-electron chi connectivity index (χ0n) is 36.5. The Balaban J connectivity index is 1.11. The molecule has 1 fully saturated rings. The normalized spacial score (nSPS) is 20.8. The van der Waals surface area contributed by atoms with Crippen molar-refractivity contribution in [1.29, 1.82) is 0 Å². The summed E-state index contributed by atoms with van der Waals surface area (Å²) in [4.78, 5) is 16.1. The Bertz CT molecular complexity index is 3000. The van der Waals surface area contributed by atoms with E-state index in [2.05, 4.69) is 214 Å². The second kappa shape index (κ2) is 15.4. The van der Waals surface area contributed by atoms with Gasteiger partial charge >= 0.3 is 0 Å². The molecular formula is C61H51N3. The summed E-state index contributed by atoms with van der Waals surface area (Å²) in [6, 6.07) is 65.5. The van der Waals surface area contributed by atoms with Gasteiger partial charge in [0.05, 0.1) is 0 Å². The average molecular weight is 826 g/mol. The molecule has 0 bridgehead atoms. The van der Waals surface area contributed by atoms with Gasteiger partial charge in [-0.2, -0.15) is 0 Å². The van der Waals surface area contributed by atoms with E-state index in [0.29, 0.717) is 5.92 Å². The first kappa shape index (κ1) is 38.7. The van der Waals surface area contributed by atoms with Gasteiger partial charge in [-0.25, -0.2) is 15.0 Å². The van der Waals surface area contributed by atoms with Gasteiger partial charge in [0.25, 0.3) is 0 Å². The fraction of sp³-hybridized carbons (Fsp3) is 0.197. The van der Waals surface area contributed by atoms with Gasteiger partial charge in [0.15, 0.2) is 11.6 Å². The summed E-state index contributed by atoms with van der Waals surface area (Å²) in [6.07, 6.45) is 13.3. The molecule has 4 unspecified atom stereocenters. The molecule has 3 heteroatoms. The van der Waals surface area contributed by atoms with Crippen LogP contribution in [-0.4, -0.2) is 15.0 Å². The Morgan fingerprint density at radius 1 is 0.469 bits per heavy atom. The lowest BCUT2D eigenvalue weighted by atomic mass is 9.52. The number of hydrogen-bond acceptors (Lipinski definition) is 3. The number of aromatic nitrogens is 3. The van der Waals surface area contributed by atoms with Crippen molar-refractivity contribution in [3.63, 3.8) is 0 Å². The predicted molar refractivity (Wildman–Crippen MR) is 261 cm³/mol. The van der Waals surface area contributed by atoms with E-state index in [1.54, 1.807) is 0 Å². The second-order valence-electron chi connectivity index (χ2n) is 18.9. The third-order valence-corrected chi connectivity index (χ3v) is 15.2. The number of benzene rings is 7. The highest BCUT2D eigenvalue weighted by Gasteiger charge is 2.61. The van der Waals surface area contributed by atoms with Gasteiger partial charge in [-0.15, -0.1) is 0 Å². The van der Waals surface area contributed by atoms with Gasteiger partial charge in [0, 0.05) is 33.8 Å². The minimum atomic E-state index is -0.340. The molecule has 310 valence electrons. The van der Waals surface area contributed by atoms with Crippen molar-refractivity contribution in [2.75, 3.05) is 0 Å². The zero-order valence-corrected chi connectivity index (χ0v) is 36.5. The molecule has 4 atom stereocenters. The Labute approximate surface area is 377 Å². The number of allylic oxidation sites excluding steroid dienone is 4. The molecule has 0 amide bonds. The van der Waals surface area contributed by atoms with Crippen LogP contribution in [0.2, 0.25) is 0 Å². The van der Waals surface area contributed by atoms with Crippen LogP contribution in [-0.2, 0) is 10.8 Å². The van der Waals surface area contributed by atoms with Crippen molar-refractivity contribution in [2.24, 2.45) is 5.92 Å². The summed E-state index contributed by atoms with van der Waals surface area (Å²) >= 11 is 0. The first-order chi connectivity index (χ1) is 31.5. The minimum absolute atomic E-state index is 0.0830. The van der Waals surface area contributed by atoms with Crippen LogP contribution in [0.3, 0.4) is 0 Å². The van der Waals surface area contributed by atoms with Gasteiger partial charge in [-0.1, -0.05) is 214 Å². The lowest BCUT2D eigenvalue weighted by Gasteiger charge is -2.51. The maximum absolute atomic E-state index is 5.49. The summed E-state index contributed by atoms with van der Waals surface area (Å²) in [6.45, 7) is 4.85. The highest BCUT2D eigenvalue weighted by molar-refractivity contribution is 5.78. The van der Waals surface area contributed by atoms with E-state index >= 15 is 0 Å². The van der Waals surface area contributed by atoms with E-state index < -0.39 is 0 Å². The highest BCUT2D eigenvalue weighted by Crippen LogP contribution is 2.68. The first-order valence-electron chi connectivity index (χ1n) is 23.2. The molecule has 0 N–H and O–H groups in total. The molecular weight excluding hydrogens is 775 g/mol. The number of nitrogens with zero attached hydrogens (tertiary/aromatic N) is 3. The second-order valence-corrected chi connectivity index (χ2v) is 18.9. The third-order valence-electron chi connectivity index (χ3n) is 15.2. The van der Waals surface area contributed by atoms with Crippen LogP contribution in [0.25, 0.3) is 45.0 Å². The van der Waals surface area contributed by atoms with Crippen molar-refractivity contribution in [3.8, 4) is 45.0 Å². The van der Waals surface area contributed by atoms with Crippen LogP contribution in [0.15, 0.2) is 200 Å². The van der Waals surface area contributed by atoms with Crippen LogP contribution in [0.1, 0.15) is 102 Å². The average Bonchev–Trinajstić information content (AvgIpc) is 3.67. The molecule has 8 aromatic rings. The molecule has 7 aromatic carbocycles. The molecule has 1 saturated carbocycles. The summed E-state index contributed by atoms with van der Waals surface area (Å²) in [5.74, 6) is 3.25. The van der Waals surface area contributed by atoms with Crippen molar-refractivity contribution in [2.45, 2.75) is 68.1 Å². The fourth-order valence-electron chi connectivity index (χ4n) is 12.4. The van der Waals surface area contributed by atoms with Crippen LogP contribution in [0.5, 0.6) is 0 Å². The SMILES string of the molecule is CC1(C)c2ccccc2C2(c3ccc(-c4cc(-c5ccccc5)cc(C5C=CC=CC5)c4)cc3C3C(c4nc(-c5ccccc5)nc(-c5ccccc5)n4)CCCC32)c2ccccc21. The lowest BCUT2D eigenvalue weighted by molar-refractivity contribution is 0.224. The molecule has 1 heterocycles. The quantitative estimate of drug-likeness (QED) is 0.168. The summed E-state index contributed by atoms with van der Waals surface area (Å²) in [5.41, 5.74) is 16.5. The van der Waals surface area contributed by atoms with Crippen molar-refractivity contribution >= 4 is 0 Å². The maximum Gasteiger partial charge on any atom is 0.163 e. The van der Waals surface area contributed by atoms with E-state index in [-0.39, 0.29) is 28.6 Å². The molecule has 4 aliphatic carbocycles. The number of hydrogen-bond donors (Lipinski definition) is 0. The molecule has 0 radical (unpaired) electrons. The smallest absolute Gasteiger partial charge is 0.163 e. The van der Waals surface area contributed by atoms with Crippen LogP contribution in [0, 0.1) is 5.92 Å². The van der Waals surface area contributed by atoms with Gasteiger partial charge < -0.3 is 0 Å². The first-order valence-corrected chi connectivity index (χ1v) is 23.2. The van der Waals surface area contributed by atoms with E-state index in [1.807, 2.05) is 0 Å². The fourth-order valence-corrected chi connectivity index (χ4v) is 12.4. The molecule has 64 heavy (non-hydrogen) atoms. The van der Waals surface area contributed by atoms with Gasteiger partial charge in [-0.05, 0) is 98.4 Å². The Morgan fingerprint density at radius 3 is 1.62 bits per heavy atom. The van der Waals surface area contributed by atoms with E-state index in [1.165, 1.54) is 61.2 Å². The largest absolute Gasteiger partial charge is 0.213 e. The van der Waals surface area contributed by atoms with Crippen LogP contribution in [0.4, 0.5) is 0 Å². The molecule has 1 aromatic heterocycles. The van der Waals surface area contributed by atoms with Gasteiger partial charge in [0.2, 0.25) is 0 Å². The predicted octanol–water partition coefficient (Wildman–Crippen LogP) is 14.8. The van der Waals surface area contributed by atoms with E-state index in [0.717, 1.165) is 54.3 Å². The minimum Gasteiger partial charge on any atom is -0.213 e. The topological polar surface area (TPSA) is 38.7 Å². The standard InChI is InChI=1S/C61H51N3/c1-60(2)51-29-15-17-31-53(51)61(54-32-18-16-30-52(54)60)50-35-34-44(47-37-45(40-20-7-3-8-21-40)36-46(38-47)41-22-9-4-10-23-41)39-49(50)56-48(28-19-33-55(56)61)59-63-57(42-24-11-5-12-25-42)62-58(64-59)43-26-13-6-14-27-43/h3-18,20-22,24-27,29-32,34-39,41,48,55-56H,19,23,28,33H2,1-2H3. The van der Waals surface area contributed by atoms with Crippen LogP contribution < -0.4 is 0 Å². The lowest BCUT2D eigenvalue weighted by Crippen LogP contribution is -2.45. The highest BCUT2D eigenvalue weighted by atomic mass is 15.0. The number of fused-ring (bicyclic) bond motifs is 9. The molecule has 1 spiro atoms. The van der Waals surface area contributed by atoms with Crippen molar-refractivity contribution < 1.29 is 0 Å². The summed E-state index contributed by atoms with van der Waals surface area (Å²) in [7, 11) is 0. The van der Waals surface area contributed by atoms with E-state index in [4.69, 9.17) is 15.0 Å². The van der Waals surface area contributed by atoms with E-state index in [9.17, 15) is 0 Å². The van der Waals surface area contributed by atoms with Gasteiger partial charge in [0.1, 0.15) is 5.82 Å². The number of rotatable bonds is 6. The molecule has 12 rings (SSSR count). The molecule has 0 aliphatic heterocycles. The third kappa shape index (κ3) is 6.12. The Kier molecular flexibility index (Phi) is 9.30. The monoisotopic (exact) mass is 825 g/mol. The van der Waals surface area contributed by atoms with Crippen LogP contribution >= 0.6 is 0 Å². The molecule has 3 nitrogen and oxygen atoms in total. The Morgan fingerprint density at radius 2 is 1.03 bits per heavy atom. The van der Waals surface area contributed by atoms with Crippen molar-refractivity contribution in [3.05, 3.63) is 245 Å². The van der Waals surface area contributed by atoms with Crippen molar-refractivity contribution in [1.82, 2.24) is 15.0 Å². The molecule has 0 saturated heterocycles. The zero-order chi connectivity index (χ0) is 42.8. The maximum atomic E-state index is 5.49. The summed E-state index contributed by atoms with van der Waals surface area (Å²) < 4.78 is 0.